The normalized spacial score (nSPS) is 20.2. The van der Waals surface area contributed by atoms with Crippen molar-refractivity contribution in [2.75, 3.05) is 6.54 Å². The summed E-state index contributed by atoms with van der Waals surface area (Å²) in [7, 11) is -3.64. The highest BCUT2D eigenvalue weighted by Crippen LogP contribution is 2.25. The molecule has 0 spiro atoms. The van der Waals surface area contributed by atoms with Gasteiger partial charge in [0.25, 0.3) is 0 Å². The summed E-state index contributed by atoms with van der Waals surface area (Å²) in [6.45, 7) is 1.27. The smallest absolute Gasteiger partial charge is 0.303 e. The van der Waals surface area contributed by atoms with E-state index in [1.54, 1.807) is 29.0 Å². The number of nitrogens with one attached hydrogen (secondary N) is 1. The number of aliphatic carboxylic acids is 1. The molecule has 0 bridgehead atoms. The van der Waals surface area contributed by atoms with Crippen molar-refractivity contribution in [1.82, 2.24) is 14.6 Å². The predicted molar refractivity (Wildman–Crippen MR) is 117 cm³/mol. The van der Waals surface area contributed by atoms with E-state index in [-0.39, 0.29) is 23.4 Å². The molecule has 2 heterocycles. The fourth-order valence-corrected chi connectivity index (χ4v) is 5.43. The Hall–Kier alpha value is -1.78. The molecule has 2 N–H and O–H groups in total. The third kappa shape index (κ3) is 6.61. The topological polar surface area (TPSA) is 99.6 Å². The zero-order valence-electron chi connectivity index (χ0n) is 16.3. The molecule has 30 heavy (non-hydrogen) atoms. The molecule has 1 fully saturated rings. The van der Waals surface area contributed by atoms with Crippen molar-refractivity contribution >= 4 is 38.9 Å². The molecule has 2 atom stereocenters. The first-order chi connectivity index (χ1) is 14.3. The van der Waals surface area contributed by atoms with Crippen LogP contribution in [-0.4, -0.2) is 48.0 Å². The van der Waals surface area contributed by atoms with Gasteiger partial charge < -0.3 is 5.11 Å². The Morgan fingerprint density at radius 1 is 1.37 bits per heavy atom. The average Bonchev–Trinajstić information content (AvgIpc) is 3.32. The lowest BCUT2D eigenvalue weighted by molar-refractivity contribution is -0.137. The largest absolute Gasteiger partial charge is 0.481 e. The second kappa shape index (κ2) is 10.5. The molecule has 0 unspecified atom stereocenters. The molecule has 162 valence electrons. The van der Waals surface area contributed by atoms with E-state index in [0.29, 0.717) is 37.4 Å². The fraction of sp³-hybridized carbons (Fsp3) is 0.400. The van der Waals surface area contributed by atoms with Crippen molar-refractivity contribution in [3.05, 3.63) is 58.0 Å². The SMILES string of the molecule is O=C(O)CCCC=C[C@@H]1C[C@@H](NS(=O)(=O)c2ccc(Cl)cc2)CN1Cc1cncs1. The standard InChI is InChI=1S/C20H24ClN3O4S2/c21-15-6-8-19(9-7-15)30(27,28)23-16-10-17(4-2-1-3-5-20(25)26)24(12-16)13-18-11-22-14-29-18/h2,4,6-9,11,14,16-17,23H,1,3,5,10,12-13H2,(H,25,26)/t16-,17-/m1/s1. The maximum atomic E-state index is 12.7. The lowest BCUT2D eigenvalue weighted by Gasteiger charge is -2.20. The molecule has 0 saturated carbocycles. The molecule has 7 nitrogen and oxygen atoms in total. The van der Waals surface area contributed by atoms with E-state index < -0.39 is 16.0 Å². The van der Waals surface area contributed by atoms with Crippen LogP contribution in [0.25, 0.3) is 0 Å². The Morgan fingerprint density at radius 2 is 2.13 bits per heavy atom. The molecule has 3 rings (SSSR count). The van der Waals surface area contributed by atoms with E-state index in [4.69, 9.17) is 16.7 Å². The number of allylic oxidation sites excluding steroid dienone is 1. The number of sulfonamides is 1. The summed E-state index contributed by atoms with van der Waals surface area (Å²) in [6.07, 6.45) is 7.91. The molecule has 0 amide bonds. The number of aromatic nitrogens is 1. The van der Waals surface area contributed by atoms with Gasteiger partial charge >= 0.3 is 5.97 Å². The number of thiazole rings is 1. The van der Waals surface area contributed by atoms with Gasteiger partial charge in [-0.3, -0.25) is 14.7 Å². The van der Waals surface area contributed by atoms with Gasteiger partial charge in [0.1, 0.15) is 0 Å². The highest BCUT2D eigenvalue weighted by Gasteiger charge is 2.33. The minimum absolute atomic E-state index is 0.0647. The molecule has 1 aromatic carbocycles. The van der Waals surface area contributed by atoms with Gasteiger partial charge in [0.2, 0.25) is 10.0 Å². The Bertz CT molecular complexity index is 962. The van der Waals surface area contributed by atoms with Crippen LogP contribution in [0, 0.1) is 0 Å². The van der Waals surface area contributed by atoms with Gasteiger partial charge in [0.15, 0.2) is 0 Å². The molecule has 1 aromatic heterocycles. The average molecular weight is 470 g/mol. The summed E-state index contributed by atoms with van der Waals surface area (Å²) in [5.41, 5.74) is 1.78. The maximum absolute atomic E-state index is 12.7. The van der Waals surface area contributed by atoms with Gasteiger partial charge in [-0.2, -0.15) is 0 Å². The summed E-state index contributed by atoms with van der Waals surface area (Å²) in [6, 6.07) is 5.94. The third-order valence-corrected chi connectivity index (χ3v) is 7.41. The van der Waals surface area contributed by atoms with Crippen LogP contribution < -0.4 is 4.72 Å². The predicted octanol–water partition coefficient (Wildman–Crippen LogP) is 3.53. The quantitative estimate of drug-likeness (QED) is 0.408. The number of hydrogen-bond donors (Lipinski definition) is 2. The van der Waals surface area contributed by atoms with E-state index >= 15 is 0 Å². The molecule has 0 radical (unpaired) electrons. The zero-order chi connectivity index (χ0) is 21.6. The zero-order valence-corrected chi connectivity index (χ0v) is 18.7. The van der Waals surface area contributed by atoms with Gasteiger partial charge in [-0.05, 0) is 43.5 Å². The van der Waals surface area contributed by atoms with E-state index in [1.807, 2.05) is 12.3 Å². The van der Waals surface area contributed by atoms with Gasteiger partial charge in [0, 0.05) is 47.7 Å². The van der Waals surface area contributed by atoms with Gasteiger partial charge in [-0.25, -0.2) is 13.1 Å². The van der Waals surface area contributed by atoms with E-state index in [1.165, 1.54) is 12.1 Å². The molecular formula is C20H24ClN3O4S2. The summed E-state index contributed by atoms with van der Waals surface area (Å²) in [5.74, 6) is -0.798. The number of hydrogen-bond acceptors (Lipinski definition) is 6. The van der Waals surface area contributed by atoms with Crippen LogP contribution in [-0.2, 0) is 21.4 Å². The molecule has 2 aromatic rings. The van der Waals surface area contributed by atoms with Crippen LogP contribution in [0.5, 0.6) is 0 Å². The fourth-order valence-electron chi connectivity index (χ4n) is 3.45. The number of carbonyl (C=O) groups is 1. The monoisotopic (exact) mass is 469 g/mol. The molecular weight excluding hydrogens is 446 g/mol. The van der Waals surface area contributed by atoms with E-state index in [9.17, 15) is 13.2 Å². The summed E-state index contributed by atoms with van der Waals surface area (Å²) in [4.78, 5) is 18.3. The summed E-state index contributed by atoms with van der Waals surface area (Å²) >= 11 is 7.43. The minimum atomic E-state index is -3.64. The number of carboxylic acid groups (broad SMARTS) is 1. The van der Waals surface area contributed by atoms with Crippen LogP contribution >= 0.6 is 22.9 Å². The molecule has 1 aliphatic rings. The van der Waals surface area contributed by atoms with Crippen molar-refractivity contribution in [2.45, 2.75) is 49.2 Å². The first kappa shape index (κ1) is 22.9. The summed E-state index contributed by atoms with van der Waals surface area (Å²) < 4.78 is 28.3. The number of unbranched alkanes of at least 4 members (excludes halogenated alkanes) is 1. The first-order valence-corrected chi connectivity index (χ1v) is 12.4. The number of likely N-dealkylation sites (tertiary alicyclic amines) is 1. The van der Waals surface area contributed by atoms with Crippen molar-refractivity contribution in [2.24, 2.45) is 0 Å². The van der Waals surface area contributed by atoms with E-state index in [2.05, 4.69) is 20.7 Å². The highest BCUT2D eigenvalue weighted by atomic mass is 35.5. The van der Waals surface area contributed by atoms with Crippen molar-refractivity contribution in [3.63, 3.8) is 0 Å². The number of nitrogens with zero attached hydrogens (tertiary/aromatic N) is 2. The number of carboxylic acids is 1. The van der Waals surface area contributed by atoms with Crippen molar-refractivity contribution in [1.29, 1.82) is 0 Å². The van der Waals surface area contributed by atoms with Crippen LogP contribution in [0.4, 0.5) is 0 Å². The number of benzene rings is 1. The van der Waals surface area contributed by atoms with Crippen LogP contribution in [0.1, 0.15) is 30.6 Å². The first-order valence-electron chi connectivity index (χ1n) is 9.61. The van der Waals surface area contributed by atoms with Crippen molar-refractivity contribution < 1.29 is 18.3 Å². The number of rotatable bonds is 10. The third-order valence-electron chi connectivity index (χ3n) is 4.86. The van der Waals surface area contributed by atoms with Crippen LogP contribution in [0.2, 0.25) is 5.02 Å². The molecule has 0 aliphatic carbocycles. The minimum Gasteiger partial charge on any atom is -0.481 e. The van der Waals surface area contributed by atoms with Crippen LogP contribution in [0.3, 0.4) is 0 Å². The molecule has 1 aliphatic heterocycles. The number of halogens is 1. The van der Waals surface area contributed by atoms with Crippen LogP contribution in [0.15, 0.2) is 53.0 Å². The molecule has 1 saturated heterocycles. The van der Waals surface area contributed by atoms with E-state index in [0.717, 1.165) is 4.88 Å². The highest BCUT2D eigenvalue weighted by molar-refractivity contribution is 7.89. The van der Waals surface area contributed by atoms with Gasteiger partial charge in [-0.15, -0.1) is 11.3 Å². The Labute approximate surface area is 185 Å². The molecule has 10 heteroatoms. The van der Waals surface area contributed by atoms with Gasteiger partial charge in [0.05, 0.1) is 10.4 Å². The maximum Gasteiger partial charge on any atom is 0.303 e. The summed E-state index contributed by atoms with van der Waals surface area (Å²) in [5, 5.41) is 9.24. The Morgan fingerprint density at radius 3 is 2.80 bits per heavy atom. The second-order valence-electron chi connectivity index (χ2n) is 7.19. The second-order valence-corrected chi connectivity index (χ2v) is 10.3. The Balaban J connectivity index is 1.66. The van der Waals surface area contributed by atoms with Gasteiger partial charge in [-0.1, -0.05) is 23.8 Å². The lowest BCUT2D eigenvalue weighted by atomic mass is 10.1. The van der Waals surface area contributed by atoms with Crippen molar-refractivity contribution in [3.8, 4) is 0 Å². The lowest BCUT2D eigenvalue weighted by Crippen LogP contribution is -2.37. The Kier molecular flexibility index (Phi) is 8.01.